The van der Waals surface area contributed by atoms with Gasteiger partial charge in [-0.15, -0.1) is 6.58 Å². The second-order valence-electron chi connectivity index (χ2n) is 9.55. The van der Waals surface area contributed by atoms with E-state index in [-0.39, 0.29) is 38.1 Å². The minimum absolute atomic E-state index is 0.132. The third kappa shape index (κ3) is 10.7. The fourth-order valence-corrected chi connectivity index (χ4v) is 4.89. The third-order valence-corrected chi connectivity index (χ3v) is 6.95. The fraction of sp³-hybridized carbons (Fsp3) is 0.643. The Morgan fingerprint density at radius 1 is 1.24 bits per heavy atom. The Labute approximate surface area is 225 Å². The largest absolute Gasteiger partial charge is 0.466 e. The fourth-order valence-electron chi connectivity index (χ4n) is 4.77. The van der Waals surface area contributed by atoms with Crippen molar-refractivity contribution in [3.63, 3.8) is 0 Å². The molecule has 1 aliphatic rings. The molecule has 0 aromatic heterocycles. The average Bonchev–Trinajstić information content (AvgIpc) is 3.36. The van der Waals surface area contributed by atoms with Crippen LogP contribution >= 0.6 is 11.6 Å². The van der Waals surface area contributed by atoms with Crippen LogP contribution < -0.4 is 5.32 Å². The van der Waals surface area contributed by atoms with Crippen molar-refractivity contribution in [3.8, 4) is 0 Å². The number of aliphatic hydroxyl groups is 1. The Morgan fingerprint density at radius 3 is 2.57 bits per heavy atom. The predicted octanol–water partition coefficient (Wildman–Crippen LogP) is 4.42. The smallest absolute Gasteiger partial charge is 0.309 e. The van der Waals surface area contributed by atoms with Crippen LogP contribution in [0.4, 0.5) is 0 Å². The number of hydrogen-bond donors (Lipinski definition) is 2. The molecule has 0 aliphatic heterocycles. The molecular weight excluding hydrogens is 498 g/mol. The molecule has 1 aliphatic carbocycles. The van der Waals surface area contributed by atoms with Crippen molar-refractivity contribution in [2.75, 3.05) is 33.5 Å². The van der Waals surface area contributed by atoms with E-state index < -0.39 is 23.7 Å². The quantitative estimate of drug-likeness (QED) is 0.162. The van der Waals surface area contributed by atoms with E-state index in [0.717, 1.165) is 18.4 Å². The van der Waals surface area contributed by atoms with E-state index in [1.54, 1.807) is 32.2 Å². The summed E-state index contributed by atoms with van der Waals surface area (Å²) in [4.78, 5) is 26.4. The van der Waals surface area contributed by atoms with Gasteiger partial charge in [-0.05, 0) is 50.3 Å². The molecule has 1 fully saturated rings. The number of carbonyl (C=O) groups is 2. The van der Waals surface area contributed by atoms with Gasteiger partial charge in [0.25, 0.3) is 0 Å². The van der Waals surface area contributed by atoms with Gasteiger partial charge in [-0.3, -0.25) is 9.59 Å². The van der Waals surface area contributed by atoms with Gasteiger partial charge < -0.3 is 29.4 Å². The zero-order valence-corrected chi connectivity index (χ0v) is 22.8. The highest BCUT2D eigenvalue weighted by Crippen LogP contribution is 2.44. The standard InChI is InChI=1S/C28H42ClNO7/c1-4-15-37-25(31)17-24(20-35-19-21-8-10-23(29)11-9-21)30-27(33)28(13-6-7-14-28)18-22(12-16-34-3)26(32)36-5-2/h4,8-11,22,24-25,31H,1,5-7,12-20H2,2-3H3,(H,30,33)/t22-,24+,25?/m1/s1. The summed E-state index contributed by atoms with van der Waals surface area (Å²) >= 11 is 5.96. The molecule has 9 heteroatoms. The number of rotatable bonds is 18. The van der Waals surface area contributed by atoms with Crippen LogP contribution in [0.3, 0.4) is 0 Å². The summed E-state index contributed by atoms with van der Waals surface area (Å²) in [7, 11) is 1.59. The average molecular weight is 540 g/mol. The van der Waals surface area contributed by atoms with E-state index in [4.69, 9.17) is 30.5 Å². The summed E-state index contributed by atoms with van der Waals surface area (Å²) in [6, 6.07) is 6.85. The molecule has 1 aromatic carbocycles. The minimum Gasteiger partial charge on any atom is -0.466 e. The monoisotopic (exact) mass is 539 g/mol. The first-order chi connectivity index (χ1) is 17.8. The first kappa shape index (κ1) is 31.2. The van der Waals surface area contributed by atoms with Crippen molar-refractivity contribution < 1.29 is 33.6 Å². The molecule has 8 nitrogen and oxygen atoms in total. The van der Waals surface area contributed by atoms with Crippen LogP contribution in [0.25, 0.3) is 0 Å². The molecule has 1 unspecified atom stereocenters. The van der Waals surface area contributed by atoms with Gasteiger partial charge in [0.1, 0.15) is 0 Å². The summed E-state index contributed by atoms with van der Waals surface area (Å²) in [5.74, 6) is -0.854. The molecule has 37 heavy (non-hydrogen) atoms. The number of aliphatic hydroxyl groups excluding tert-OH is 1. The van der Waals surface area contributed by atoms with Gasteiger partial charge in [-0.1, -0.05) is 42.7 Å². The lowest BCUT2D eigenvalue weighted by molar-refractivity contribution is -0.151. The molecular formula is C28H42ClNO7. The molecule has 1 amide bonds. The highest BCUT2D eigenvalue weighted by atomic mass is 35.5. The third-order valence-electron chi connectivity index (χ3n) is 6.70. The van der Waals surface area contributed by atoms with Gasteiger partial charge in [0.05, 0.1) is 43.8 Å². The molecule has 3 atom stereocenters. The number of amides is 1. The maximum Gasteiger partial charge on any atom is 0.309 e. The maximum absolute atomic E-state index is 13.7. The van der Waals surface area contributed by atoms with Gasteiger partial charge in [-0.25, -0.2) is 0 Å². The maximum atomic E-state index is 13.7. The number of methoxy groups -OCH3 is 1. The lowest BCUT2D eigenvalue weighted by atomic mass is 9.75. The molecule has 0 radical (unpaired) electrons. The Hall–Kier alpha value is -1.97. The molecule has 0 spiro atoms. The van der Waals surface area contributed by atoms with Crippen molar-refractivity contribution in [2.45, 2.75) is 70.8 Å². The van der Waals surface area contributed by atoms with E-state index in [2.05, 4.69) is 11.9 Å². The number of ether oxygens (including phenoxy) is 4. The predicted molar refractivity (Wildman–Crippen MR) is 142 cm³/mol. The van der Waals surface area contributed by atoms with Crippen LogP contribution in [0.1, 0.15) is 57.4 Å². The summed E-state index contributed by atoms with van der Waals surface area (Å²) in [5.41, 5.74) is 0.257. The summed E-state index contributed by atoms with van der Waals surface area (Å²) in [5, 5.41) is 14.1. The lowest BCUT2D eigenvalue weighted by Crippen LogP contribution is -2.48. The van der Waals surface area contributed by atoms with Gasteiger partial charge in [0.2, 0.25) is 5.91 Å². The number of esters is 1. The number of nitrogens with one attached hydrogen (secondary N) is 1. The van der Waals surface area contributed by atoms with Crippen LogP contribution in [0.5, 0.6) is 0 Å². The molecule has 2 rings (SSSR count). The lowest BCUT2D eigenvalue weighted by Gasteiger charge is -2.33. The van der Waals surface area contributed by atoms with E-state index in [9.17, 15) is 14.7 Å². The first-order valence-electron chi connectivity index (χ1n) is 13.0. The van der Waals surface area contributed by atoms with Crippen molar-refractivity contribution in [1.82, 2.24) is 5.32 Å². The van der Waals surface area contributed by atoms with Gasteiger partial charge in [0, 0.05) is 25.2 Å². The highest BCUT2D eigenvalue weighted by molar-refractivity contribution is 6.30. The van der Waals surface area contributed by atoms with Crippen molar-refractivity contribution in [2.24, 2.45) is 11.3 Å². The number of carbonyl (C=O) groups excluding carboxylic acids is 2. The van der Waals surface area contributed by atoms with E-state index >= 15 is 0 Å². The Kier molecular flexibility index (Phi) is 14.2. The number of halogens is 1. The molecule has 1 aromatic rings. The normalized spacial score (nSPS) is 17.1. The van der Waals surface area contributed by atoms with E-state index in [1.807, 2.05) is 12.1 Å². The van der Waals surface area contributed by atoms with Crippen molar-refractivity contribution in [1.29, 1.82) is 0 Å². The van der Waals surface area contributed by atoms with E-state index in [0.29, 0.717) is 43.9 Å². The summed E-state index contributed by atoms with van der Waals surface area (Å²) in [6.45, 7) is 6.79. The Morgan fingerprint density at radius 2 is 1.95 bits per heavy atom. The van der Waals surface area contributed by atoms with Crippen LogP contribution in [-0.2, 0) is 35.1 Å². The zero-order chi connectivity index (χ0) is 27.1. The van der Waals surface area contributed by atoms with Gasteiger partial charge >= 0.3 is 5.97 Å². The van der Waals surface area contributed by atoms with Crippen LogP contribution in [0.15, 0.2) is 36.9 Å². The van der Waals surface area contributed by atoms with E-state index in [1.165, 1.54) is 0 Å². The molecule has 208 valence electrons. The van der Waals surface area contributed by atoms with Gasteiger partial charge in [0.15, 0.2) is 6.29 Å². The van der Waals surface area contributed by atoms with Crippen molar-refractivity contribution in [3.05, 3.63) is 47.5 Å². The summed E-state index contributed by atoms with van der Waals surface area (Å²) < 4.78 is 21.7. The SMILES string of the molecule is C=CCOC(O)C[C@@H](COCc1ccc(Cl)cc1)NC(=O)C1(C[C@@H](CCOC)C(=O)OCC)CCCC1. The second-order valence-corrected chi connectivity index (χ2v) is 9.98. The molecule has 0 heterocycles. The topological polar surface area (TPSA) is 103 Å². The van der Waals surface area contributed by atoms with Gasteiger partial charge in [-0.2, -0.15) is 0 Å². The van der Waals surface area contributed by atoms with Crippen molar-refractivity contribution >= 4 is 23.5 Å². The van der Waals surface area contributed by atoms with Crippen LogP contribution in [0, 0.1) is 11.3 Å². The number of hydrogen-bond acceptors (Lipinski definition) is 7. The molecule has 2 N–H and O–H groups in total. The molecule has 1 saturated carbocycles. The minimum atomic E-state index is -1.09. The first-order valence-corrected chi connectivity index (χ1v) is 13.4. The highest BCUT2D eigenvalue weighted by Gasteiger charge is 2.45. The number of benzene rings is 1. The Bertz CT molecular complexity index is 826. The second kappa shape index (κ2) is 16.8. The summed E-state index contributed by atoms with van der Waals surface area (Å²) in [6.07, 6.45) is 4.71. The van der Waals surface area contributed by atoms with Crippen LogP contribution in [0.2, 0.25) is 5.02 Å². The molecule has 0 saturated heterocycles. The molecule has 0 bridgehead atoms. The zero-order valence-electron chi connectivity index (χ0n) is 22.1. The van der Waals surface area contributed by atoms with Crippen LogP contribution in [-0.4, -0.2) is 62.9 Å². The Balaban J connectivity index is 2.11.